The first-order valence-electron chi connectivity index (χ1n) is 5.11. The Bertz CT molecular complexity index is 464. The molecule has 1 aliphatic rings. The van der Waals surface area contributed by atoms with Crippen molar-refractivity contribution in [3.05, 3.63) is 35.1 Å². The van der Waals surface area contributed by atoms with Gasteiger partial charge >= 0.3 is 5.97 Å². The van der Waals surface area contributed by atoms with Crippen molar-refractivity contribution in [2.24, 2.45) is 0 Å². The summed E-state index contributed by atoms with van der Waals surface area (Å²) in [6, 6.07) is 0.217. The first kappa shape index (κ1) is 11.9. The van der Waals surface area contributed by atoms with Crippen LogP contribution >= 0.6 is 0 Å². The monoisotopic (exact) mass is 245 g/mol. The molecule has 0 spiro atoms. The second-order valence-electron chi connectivity index (χ2n) is 3.95. The lowest BCUT2D eigenvalue weighted by Gasteiger charge is -2.16. The molecule has 0 amide bonds. The van der Waals surface area contributed by atoms with Crippen LogP contribution in [0.3, 0.4) is 0 Å². The summed E-state index contributed by atoms with van der Waals surface area (Å²) >= 11 is 0. The molecule has 3 nitrogen and oxygen atoms in total. The molecule has 0 aliphatic carbocycles. The molecule has 17 heavy (non-hydrogen) atoms. The lowest BCUT2D eigenvalue weighted by molar-refractivity contribution is -0.139. The van der Waals surface area contributed by atoms with Gasteiger partial charge in [-0.05, 0) is 24.6 Å². The number of carboxylic acid groups (broad SMARTS) is 1. The summed E-state index contributed by atoms with van der Waals surface area (Å²) in [6.45, 7) is 0.403. The van der Waals surface area contributed by atoms with Crippen molar-refractivity contribution in [3.63, 3.8) is 0 Å². The zero-order chi connectivity index (χ0) is 12.6. The Kier molecular flexibility index (Phi) is 3.06. The molecule has 2 rings (SSSR count). The van der Waals surface area contributed by atoms with Crippen LogP contribution in [-0.4, -0.2) is 23.7 Å². The maximum Gasteiger partial charge on any atom is 0.321 e. The summed E-state index contributed by atoms with van der Waals surface area (Å²) in [6.07, 6.45) is 0.374. The van der Waals surface area contributed by atoms with E-state index in [1.807, 2.05) is 0 Å². The van der Waals surface area contributed by atoms with Crippen molar-refractivity contribution in [3.8, 4) is 0 Å². The smallest absolute Gasteiger partial charge is 0.321 e. The van der Waals surface area contributed by atoms with E-state index in [1.165, 1.54) is 0 Å². The van der Waals surface area contributed by atoms with E-state index in [-0.39, 0.29) is 5.56 Å². The normalized spacial score (nSPS) is 23.9. The van der Waals surface area contributed by atoms with Crippen LogP contribution in [0.2, 0.25) is 0 Å². The quantitative estimate of drug-likeness (QED) is 0.779. The zero-order valence-electron chi connectivity index (χ0n) is 8.71. The highest BCUT2D eigenvalue weighted by atomic mass is 19.2. The van der Waals surface area contributed by atoms with Crippen LogP contribution in [0.15, 0.2) is 12.1 Å². The predicted molar refractivity (Wildman–Crippen MR) is 53.1 cm³/mol. The number of carboxylic acids is 1. The molecule has 2 atom stereocenters. The second kappa shape index (κ2) is 4.37. The maximum atomic E-state index is 13.5. The largest absolute Gasteiger partial charge is 0.480 e. The van der Waals surface area contributed by atoms with Crippen LogP contribution in [0.1, 0.15) is 17.9 Å². The number of aliphatic carboxylic acids is 1. The van der Waals surface area contributed by atoms with Gasteiger partial charge in [-0.25, -0.2) is 13.2 Å². The van der Waals surface area contributed by atoms with E-state index in [9.17, 15) is 18.0 Å². The first-order valence-corrected chi connectivity index (χ1v) is 5.11. The molecule has 1 aromatic carbocycles. The third kappa shape index (κ3) is 2.12. The standard InChI is InChI=1S/C11H10F3NO2/c12-7-4-9(14)8(13)3-6(7)5-1-2-15-10(5)11(16)17/h3-5,10,15H,1-2H2,(H,16,17). The van der Waals surface area contributed by atoms with Gasteiger partial charge in [-0.3, -0.25) is 4.79 Å². The summed E-state index contributed by atoms with van der Waals surface area (Å²) in [7, 11) is 0. The molecule has 0 saturated carbocycles. The fraction of sp³-hybridized carbons (Fsp3) is 0.364. The molecule has 1 aliphatic heterocycles. The summed E-state index contributed by atoms with van der Waals surface area (Å²) < 4.78 is 39.3. The molecule has 0 bridgehead atoms. The van der Waals surface area contributed by atoms with Crippen LogP contribution in [-0.2, 0) is 4.79 Å². The van der Waals surface area contributed by atoms with Crippen LogP contribution < -0.4 is 5.32 Å². The van der Waals surface area contributed by atoms with Gasteiger partial charge in [0.2, 0.25) is 0 Å². The van der Waals surface area contributed by atoms with Gasteiger partial charge in [0, 0.05) is 12.0 Å². The Hall–Kier alpha value is -1.56. The van der Waals surface area contributed by atoms with Crippen LogP contribution in [0.5, 0.6) is 0 Å². The number of hydrogen-bond donors (Lipinski definition) is 2. The summed E-state index contributed by atoms with van der Waals surface area (Å²) in [5.41, 5.74) is -0.0960. The minimum absolute atomic E-state index is 0.0960. The number of benzene rings is 1. The Morgan fingerprint density at radius 2 is 1.88 bits per heavy atom. The maximum absolute atomic E-state index is 13.5. The second-order valence-corrected chi connectivity index (χ2v) is 3.95. The van der Waals surface area contributed by atoms with Crippen LogP contribution in [0.25, 0.3) is 0 Å². The third-order valence-corrected chi connectivity index (χ3v) is 2.93. The fourth-order valence-corrected chi connectivity index (χ4v) is 2.12. The highest BCUT2D eigenvalue weighted by molar-refractivity contribution is 5.75. The topological polar surface area (TPSA) is 49.3 Å². The van der Waals surface area contributed by atoms with Crippen molar-refractivity contribution in [1.82, 2.24) is 5.32 Å². The molecule has 1 saturated heterocycles. The third-order valence-electron chi connectivity index (χ3n) is 2.93. The van der Waals surface area contributed by atoms with E-state index in [0.717, 1.165) is 6.07 Å². The van der Waals surface area contributed by atoms with Gasteiger partial charge in [0.05, 0.1) is 0 Å². The van der Waals surface area contributed by atoms with Crippen molar-refractivity contribution in [2.45, 2.75) is 18.4 Å². The van der Waals surface area contributed by atoms with Crippen molar-refractivity contribution < 1.29 is 23.1 Å². The molecule has 6 heteroatoms. The van der Waals surface area contributed by atoms with Crippen LogP contribution in [0, 0.1) is 17.5 Å². The molecule has 1 heterocycles. The highest BCUT2D eigenvalue weighted by Gasteiger charge is 2.35. The van der Waals surface area contributed by atoms with Crippen molar-refractivity contribution in [1.29, 1.82) is 0 Å². The summed E-state index contributed by atoms with van der Waals surface area (Å²) in [5.74, 6) is -5.16. The van der Waals surface area contributed by atoms with Gasteiger partial charge < -0.3 is 10.4 Å². The van der Waals surface area contributed by atoms with Gasteiger partial charge in [-0.2, -0.15) is 0 Å². The minimum atomic E-state index is -1.27. The van der Waals surface area contributed by atoms with E-state index >= 15 is 0 Å². The number of carbonyl (C=O) groups is 1. The number of nitrogens with one attached hydrogen (secondary N) is 1. The van der Waals surface area contributed by atoms with Gasteiger partial charge in [0.25, 0.3) is 0 Å². The zero-order valence-corrected chi connectivity index (χ0v) is 8.71. The number of halogens is 3. The Morgan fingerprint density at radius 3 is 2.53 bits per heavy atom. The summed E-state index contributed by atoms with van der Waals surface area (Å²) in [4.78, 5) is 10.9. The van der Waals surface area contributed by atoms with Gasteiger partial charge in [-0.1, -0.05) is 0 Å². The Labute approximate surface area is 95.3 Å². The first-order chi connectivity index (χ1) is 8.00. The van der Waals surface area contributed by atoms with Crippen molar-refractivity contribution >= 4 is 5.97 Å². The van der Waals surface area contributed by atoms with E-state index in [0.29, 0.717) is 19.0 Å². The molecule has 2 unspecified atom stereocenters. The van der Waals surface area contributed by atoms with Crippen molar-refractivity contribution in [2.75, 3.05) is 6.54 Å². The van der Waals surface area contributed by atoms with E-state index in [1.54, 1.807) is 0 Å². The number of hydrogen-bond acceptors (Lipinski definition) is 2. The van der Waals surface area contributed by atoms with Crippen LogP contribution in [0.4, 0.5) is 13.2 Å². The molecule has 1 fully saturated rings. The van der Waals surface area contributed by atoms with Gasteiger partial charge in [0.1, 0.15) is 11.9 Å². The van der Waals surface area contributed by atoms with E-state index < -0.39 is 35.4 Å². The molecular formula is C11H10F3NO2. The summed E-state index contributed by atoms with van der Waals surface area (Å²) in [5, 5.41) is 11.6. The Balaban J connectivity index is 2.40. The average molecular weight is 245 g/mol. The minimum Gasteiger partial charge on any atom is -0.480 e. The lowest BCUT2D eigenvalue weighted by Crippen LogP contribution is -2.34. The van der Waals surface area contributed by atoms with Gasteiger partial charge in [-0.15, -0.1) is 0 Å². The molecular weight excluding hydrogens is 235 g/mol. The molecule has 92 valence electrons. The van der Waals surface area contributed by atoms with E-state index in [2.05, 4.69) is 5.32 Å². The number of rotatable bonds is 2. The predicted octanol–water partition coefficient (Wildman–Crippen LogP) is 1.63. The Morgan fingerprint density at radius 1 is 1.24 bits per heavy atom. The fourth-order valence-electron chi connectivity index (χ4n) is 2.12. The molecule has 0 aromatic heterocycles. The highest BCUT2D eigenvalue weighted by Crippen LogP contribution is 2.31. The van der Waals surface area contributed by atoms with Gasteiger partial charge in [0.15, 0.2) is 11.6 Å². The molecule has 1 aromatic rings. The molecule has 2 N–H and O–H groups in total. The SMILES string of the molecule is O=C(O)C1NCCC1c1cc(F)c(F)cc1F. The molecule has 0 radical (unpaired) electrons. The average Bonchev–Trinajstić information content (AvgIpc) is 2.72. The van der Waals surface area contributed by atoms with E-state index in [4.69, 9.17) is 5.11 Å². The lowest BCUT2D eigenvalue weighted by atomic mass is 9.91.